The minimum Gasteiger partial charge on any atom is -0.455 e. The van der Waals surface area contributed by atoms with Gasteiger partial charge in [-0.15, -0.1) is 13.2 Å². The Morgan fingerprint density at radius 3 is 1.91 bits per heavy atom. The van der Waals surface area contributed by atoms with Gasteiger partial charge in [-0.2, -0.15) is 0 Å². The van der Waals surface area contributed by atoms with Crippen LogP contribution >= 0.6 is 0 Å². The van der Waals surface area contributed by atoms with Gasteiger partial charge in [0, 0.05) is 16.5 Å². The van der Waals surface area contributed by atoms with Crippen LogP contribution in [0.4, 0.5) is 18.9 Å². The maximum absolute atomic E-state index is 12.5. The molecule has 0 atom stereocenters. The number of amides is 2. The number of carbonyl (C=O) groups is 2. The maximum atomic E-state index is 12.5. The summed E-state index contributed by atoms with van der Waals surface area (Å²) in [6.45, 7) is 10.7. The van der Waals surface area contributed by atoms with Gasteiger partial charge in [0.05, 0.1) is 5.69 Å². The van der Waals surface area contributed by atoms with Crippen molar-refractivity contribution in [2.24, 2.45) is 5.41 Å². The minimum atomic E-state index is -4.80. The van der Waals surface area contributed by atoms with Crippen LogP contribution in [-0.2, 0) is 4.79 Å². The van der Waals surface area contributed by atoms with E-state index in [4.69, 9.17) is 4.74 Å². The van der Waals surface area contributed by atoms with Crippen molar-refractivity contribution in [3.05, 3.63) is 48.0 Å². The van der Waals surface area contributed by atoms with E-state index in [9.17, 15) is 22.8 Å². The molecule has 174 valence electrons. The Balaban J connectivity index is 2.34. The number of anilines is 1. The predicted octanol–water partition coefficient (Wildman–Crippen LogP) is 5.89. The molecule has 32 heavy (non-hydrogen) atoms. The van der Waals surface area contributed by atoms with Gasteiger partial charge in [0.2, 0.25) is 5.91 Å². The van der Waals surface area contributed by atoms with Gasteiger partial charge in [0.25, 0.3) is 5.91 Å². The number of ether oxygens (including phenoxy) is 2. The topological polar surface area (TPSA) is 76.7 Å². The zero-order valence-corrected chi connectivity index (χ0v) is 18.8. The van der Waals surface area contributed by atoms with Crippen molar-refractivity contribution in [3.8, 4) is 17.2 Å². The van der Waals surface area contributed by atoms with Crippen LogP contribution < -0.4 is 20.1 Å². The maximum Gasteiger partial charge on any atom is 0.573 e. The minimum absolute atomic E-state index is 0.220. The summed E-state index contributed by atoms with van der Waals surface area (Å²) in [4.78, 5) is 25.1. The Kier molecular flexibility index (Phi) is 7.12. The first-order valence-electron chi connectivity index (χ1n) is 9.85. The first-order valence-corrected chi connectivity index (χ1v) is 9.85. The lowest BCUT2D eigenvalue weighted by Crippen LogP contribution is -2.40. The molecule has 0 aromatic heterocycles. The van der Waals surface area contributed by atoms with Gasteiger partial charge in [-0.1, -0.05) is 20.8 Å². The van der Waals surface area contributed by atoms with Gasteiger partial charge in [0.15, 0.2) is 5.75 Å². The zero-order valence-electron chi connectivity index (χ0n) is 18.8. The lowest BCUT2D eigenvalue weighted by Gasteiger charge is -2.22. The number of halogens is 3. The summed E-state index contributed by atoms with van der Waals surface area (Å²) in [5, 5.41) is 5.60. The lowest BCUT2D eigenvalue weighted by atomic mass is 9.95. The highest BCUT2D eigenvalue weighted by Crippen LogP contribution is 2.33. The summed E-state index contributed by atoms with van der Waals surface area (Å²) < 4.78 is 46.6. The van der Waals surface area contributed by atoms with Crippen molar-refractivity contribution in [2.75, 3.05) is 5.32 Å². The van der Waals surface area contributed by atoms with Gasteiger partial charge in [0.1, 0.15) is 11.5 Å². The molecule has 2 aromatic rings. The first kappa shape index (κ1) is 25.0. The normalized spacial score (nSPS) is 12.2. The van der Waals surface area contributed by atoms with Crippen LogP contribution in [0.3, 0.4) is 0 Å². The zero-order chi connectivity index (χ0) is 24.3. The van der Waals surface area contributed by atoms with Crippen molar-refractivity contribution < 1.29 is 32.2 Å². The molecular weight excluding hydrogens is 425 g/mol. The van der Waals surface area contributed by atoms with E-state index < -0.39 is 17.3 Å². The molecular formula is C23H27F3N2O4. The first-order chi connectivity index (χ1) is 14.5. The van der Waals surface area contributed by atoms with E-state index in [-0.39, 0.29) is 34.8 Å². The fourth-order valence-electron chi connectivity index (χ4n) is 2.42. The third-order valence-electron chi connectivity index (χ3n) is 3.94. The van der Waals surface area contributed by atoms with Crippen LogP contribution in [0.5, 0.6) is 17.2 Å². The molecule has 0 spiro atoms. The molecule has 0 aliphatic rings. The Bertz CT molecular complexity index is 973. The van der Waals surface area contributed by atoms with Crippen LogP contribution in [0, 0.1) is 5.41 Å². The molecule has 6 nitrogen and oxygen atoms in total. The number of alkyl halides is 3. The van der Waals surface area contributed by atoms with Crippen LogP contribution in [0.15, 0.2) is 42.5 Å². The number of hydrogen-bond acceptors (Lipinski definition) is 4. The van der Waals surface area contributed by atoms with Gasteiger partial charge in [-0.25, -0.2) is 0 Å². The molecule has 0 aliphatic carbocycles. The second kappa shape index (κ2) is 9.10. The Hall–Kier alpha value is -3.23. The Labute approximate surface area is 185 Å². The molecule has 0 saturated carbocycles. The molecule has 0 unspecified atom stereocenters. The van der Waals surface area contributed by atoms with Crippen molar-refractivity contribution in [1.29, 1.82) is 0 Å². The van der Waals surface area contributed by atoms with Gasteiger partial charge < -0.3 is 20.1 Å². The molecule has 0 heterocycles. The summed E-state index contributed by atoms with van der Waals surface area (Å²) in [6.07, 6.45) is -4.80. The summed E-state index contributed by atoms with van der Waals surface area (Å²) in [6, 6.07) is 9.36. The highest BCUT2D eigenvalue weighted by molar-refractivity contribution is 6.00. The Morgan fingerprint density at radius 1 is 0.844 bits per heavy atom. The SMILES string of the molecule is CC(C)(C)NC(=O)c1ccc(Oc2ccc(OC(F)(F)F)cc2)c(NC(=O)C(C)(C)C)c1. The largest absolute Gasteiger partial charge is 0.573 e. The van der Waals surface area contributed by atoms with E-state index in [1.807, 2.05) is 20.8 Å². The predicted molar refractivity (Wildman–Crippen MR) is 115 cm³/mol. The standard InChI is InChI=1S/C23H27F3N2O4/c1-21(2,3)20(30)27-17-13-14(19(29)28-22(4,5)6)7-12-18(17)31-15-8-10-16(11-9-15)32-23(24,25)26/h7-13H,1-6H3,(H,27,30)(H,28,29). The third kappa shape index (κ3) is 7.79. The van der Waals surface area contributed by atoms with Crippen molar-refractivity contribution >= 4 is 17.5 Å². The van der Waals surface area contributed by atoms with Crippen LogP contribution in [0.25, 0.3) is 0 Å². The van der Waals surface area contributed by atoms with Crippen molar-refractivity contribution in [2.45, 2.75) is 53.4 Å². The summed E-state index contributed by atoms with van der Waals surface area (Å²) in [5.41, 5.74) is -0.605. The fraction of sp³-hybridized carbons (Fsp3) is 0.391. The molecule has 0 saturated heterocycles. The summed E-state index contributed by atoms with van der Waals surface area (Å²) in [7, 11) is 0. The third-order valence-corrected chi connectivity index (χ3v) is 3.94. The smallest absolute Gasteiger partial charge is 0.455 e. The molecule has 0 aliphatic heterocycles. The fourth-order valence-corrected chi connectivity index (χ4v) is 2.42. The number of carbonyl (C=O) groups excluding carboxylic acids is 2. The Morgan fingerprint density at radius 2 is 1.41 bits per heavy atom. The average molecular weight is 452 g/mol. The number of nitrogens with one attached hydrogen (secondary N) is 2. The van der Waals surface area contributed by atoms with E-state index in [1.54, 1.807) is 20.8 Å². The lowest BCUT2D eigenvalue weighted by molar-refractivity contribution is -0.274. The molecule has 9 heteroatoms. The molecule has 2 aromatic carbocycles. The molecule has 0 bridgehead atoms. The van der Waals surface area contributed by atoms with E-state index in [0.717, 1.165) is 12.1 Å². The molecule has 0 radical (unpaired) electrons. The molecule has 2 N–H and O–H groups in total. The van der Waals surface area contributed by atoms with Gasteiger partial charge in [-0.3, -0.25) is 9.59 Å². The second-order valence-corrected chi connectivity index (χ2v) is 9.24. The monoisotopic (exact) mass is 452 g/mol. The number of benzene rings is 2. The summed E-state index contributed by atoms with van der Waals surface area (Å²) in [5.74, 6) is -0.578. The highest BCUT2D eigenvalue weighted by Gasteiger charge is 2.31. The van der Waals surface area contributed by atoms with E-state index in [0.29, 0.717) is 5.56 Å². The second-order valence-electron chi connectivity index (χ2n) is 9.24. The quantitative estimate of drug-likeness (QED) is 0.593. The summed E-state index contributed by atoms with van der Waals surface area (Å²) >= 11 is 0. The van der Waals surface area contributed by atoms with E-state index >= 15 is 0 Å². The molecule has 2 rings (SSSR count). The average Bonchev–Trinajstić information content (AvgIpc) is 2.61. The van der Waals surface area contributed by atoms with Crippen LogP contribution in [0.1, 0.15) is 51.9 Å². The van der Waals surface area contributed by atoms with Crippen molar-refractivity contribution in [1.82, 2.24) is 5.32 Å². The molecule has 0 fully saturated rings. The highest BCUT2D eigenvalue weighted by atomic mass is 19.4. The van der Waals surface area contributed by atoms with E-state index in [2.05, 4.69) is 15.4 Å². The van der Waals surface area contributed by atoms with Gasteiger partial charge in [-0.05, 0) is 63.2 Å². The van der Waals surface area contributed by atoms with Gasteiger partial charge >= 0.3 is 6.36 Å². The van der Waals surface area contributed by atoms with Crippen LogP contribution in [0.2, 0.25) is 0 Å². The van der Waals surface area contributed by atoms with Crippen molar-refractivity contribution in [3.63, 3.8) is 0 Å². The van der Waals surface area contributed by atoms with E-state index in [1.165, 1.54) is 30.3 Å². The number of rotatable bonds is 5. The number of hydrogen-bond donors (Lipinski definition) is 2. The van der Waals surface area contributed by atoms with Crippen LogP contribution in [-0.4, -0.2) is 23.7 Å². The molecule has 2 amide bonds.